The molecule has 0 aliphatic carbocycles. The van der Waals surface area contributed by atoms with Gasteiger partial charge in [0.05, 0.1) is 34.6 Å². The lowest BCUT2D eigenvalue weighted by atomic mass is 9.89. The first-order valence-electron chi connectivity index (χ1n) is 15.3. The third kappa shape index (κ3) is 8.07. The van der Waals surface area contributed by atoms with Gasteiger partial charge >= 0.3 is 12.4 Å². The van der Waals surface area contributed by atoms with Crippen molar-refractivity contribution in [1.82, 2.24) is 14.8 Å². The van der Waals surface area contributed by atoms with E-state index in [9.17, 15) is 40.7 Å². The van der Waals surface area contributed by atoms with Crippen LogP contribution in [0.15, 0.2) is 67.0 Å². The zero-order chi connectivity index (χ0) is 35.4. The minimum atomic E-state index is -4.85. The molecule has 5 rings (SSSR count). The molecule has 0 bridgehead atoms. The lowest BCUT2D eigenvalue weighted by Gasteiger charge is -2.46. The monoisotopic (exact) mass is 693 g/mol. The zero-order valence-corrected chi connectivity index (χ0v) is 26.3. The van der Waals surface area contributed by atoms with Crippen LogP contribution in [0, 0.1) is 0 Å². The highest BCUT2D eigenvalue weighted by Gasteiger charge is 2.49. The number of nitrogens with one attached hydrogen (secondary N) is 1. The molecule has 2 saturated heterocycles. The number of alkyl halides is 6. The van der Waals surface area contributed by atoms with E-state index in [1.807, 2.05) is 11.0 Å². The number of nitrogens with zero attached hydrogens (tertiary/aromatic N) is 4. The summed E-state index contributed by atoms with van der Waals surface area (Å²) in [5.41, 5.74) is -3.39. The van der Waals surface area contributed by atoms with Gasteiger partial charge in [-0.3, -0.25) is 19.4 Å². The molecular weight excluding hydrogens is 660 g/mol. The average Bonchev–Trinajstić information content (AvgIpc) is 3.07. The van der Waals surface area contributed by atoms with E-state index in [4.69, 9.17) is 9.47 Å². The van der Waals surface area contributed by atoms with Gasteiger partial charge in [-0.2, -0.15) is 26.3 Å². The number of hydrogen-bond donors (Lipinski definition) is 1. The van der Waals surface area contributed by atoms with Crippen molar-refractivity contribution in [2.45, 2.75) is 30.8 Å². The molecule has 1 unspecified atom stereocenters. The first kappa shape index (κ1) is 35.4. The number of benzene rings is 2. The van der Waals surface area contributed by atoms with E-state index in [1.54, 1.807) is 18.2 Å². The van der Waals surface area contributed by atoms with Crippen LogP contribution in [-0.2, 0) is 26.7 Å². The topological polar surface area (TPSA) is 104 Å². The van der Waals surface area contributed by atoms with Gasteiger partial charge in [-0.05, 0) is 55.3 Å². The molecule has 2 aliphatic rings. The normalized spacial score (nSPS) is 18.6. The molecule has 2 aliphatic heterocycles. The van der Waals surface area contributed by atoms with Crippen LogP contribution < -0.4 is 15.0 Å². The van der Waals surface area contributed by atoms with Crippen molar-refractivity contribution in [3.8, 4) is 5.75 Å². The predicted octanol–water partition coefficient (Wildman–Crippen LogP) is 5.11. The Morgan fingerprint density at radius 3 is 2.22 bits per heavy atom. The Balaban J connectivity index is 1.40. The maximum atomic E-state index is 14.4. The molecular formula is C33H33F6N5O5. The van der Waals surface area contributed by atoms with Crippen molar-refractivity contribution in [2.75, 3.05) is 63.2 Å². The second kappa shape index (κ2) is 14.3. The minimum Gasteiger partial charge on any atom is -0.476 e. The number of rotatable bonds is 8. The quantitative estimate of drug-likeness (QED) is 0.328. The van der Waals surface area contributed by atoms with Crippen molar-refractivity contribution in [1.29, 1.82) is 0 Å². The molecule has 2 fully saturated rings. The van der Waals surface area contributed by atoms with Gasteiger partial charge in [0.25, 0.3) is 11.8 Å². The maximum absolute atomic E-state index is 14.4. The molecule has 2 aromatic carbocycles. The van der Waals surface area contributed by atoms with Gasteiger partial charge in [0.2, 0.25) is 11.5 Å². The van der Waals surface area contributed by atoms with Crippen LogP contribution in [-0.4, -0.2) is 91.1 Å². The van der Waals surface area contributed by atoms with E-state index >= 15 is 0 Å². The number of aromatic nitrogens is 1. The van der Waals surface area contributed by atoms with Gasteiger partial charge in [-0.1, -0.05) is 12.1 Å². The number of amides is 3. The van der Waals surface area contributed by atoms with Crippen LogP contribution in [0.4, 0.5) is 37.7 Å². The number of hydrogen-bond acceptors (Lipinski definition) is 7. The van der Waals surface area contributed by atoms with E-state index < -0.39 is 53.0 Å². The predicted molar refractivity (Wildman–Crippen MR) is 165 cm³/mol. The van der Waals surface area contributed by atoms with Crippen LogP contribution in [0.1, 0.15) is 34.3 Å². The highest BCUT2D eigenvalue weighted by molar-refractivity contribution is 5.97. The molecule has 3 aromatic rings. The summed E-state index contributed by atoms with van der Waals surface area (Å²) in [4.78, 5) is 48.4. The number of piperidine rings is 1. The van der Waals surface area contributed by atoms with Crippen LogP contribution in [0.5, 0.6) is 5.75 Å². The van der Waals surface area contributed by atoms with Gasteiger partial charge in [-0.25, -0.2) is 0 Å². The molecule has 262 valence electrons. The Hall–Kier alpha value is -4.86. The number of halogens is 6. The number of piperazine rings is 1. The smallest absolute Gasteiger partial charge is 0.417 e. The Labute approximate surface area is 277 Å². The summed E-state index contributed by atoms with van der Waals surface area (Å²) in [7, 11) is 1.40. The Bertz CT molecular complexity index is 1660. The van der Waals surface area contributed by atoms with Crippen molar-refractivity contribution >= 4 is 29.1 Å². The standard InChI is InChI=1S/C33H33F6N5O5/c1-48-20-28(45)41-26-5-2-3-6-27(26)42-15-17-43(18-16-42)30(47)31(49-23-9-7-22(8-10-23)32(34,35)36)12-4-14-44(21-31)29(46)24-19-40-13-11-25(24)33(37,38)39/h2-3,5-11,13,19H,4,12,14-18,20-21H2,1H3,(H,41,45). The Morgan fingerprint density at radius 1 is 0.878 bits per heavy atom. The maximum Gasteiger partial charge on any atom is 0.417 e. The average molecular weight is 694 g/mol. The molecule has 1 aromatic heterocycles. The summed E-state index contributed by atoms with van der Waals surface area (Å²) in [5.74, 6) is -2.00. The summed E-state index contributed by atoms with van der Waals surface area (Å²) >= 11 is 0. The molecule has 3 heterocycles. The molecule has 1 N–H and O–H groups in total. The van der Waals surface area contributed by atoms with Crippen LogP contribution >= 0.6 is 0 Å². The molecule has 0 radical (unpaired) electrons. The van der Waals surface area contributed by atoms with E-state index in [1.165, 1.54) is 12.0 Å². The number of methoxy groups -OCH3 is 1. The Morgan fingerprint density at radius 2 is 1.57 bits per heavy atom. The van der Waals surface area contributed by atoms with Gasteiger partial charge in [0.1, 0.15) is 12.4 Å². The molecule has 0 spiro atoms. The number of anilines is 2. The van der Waals surface area contributed by atoms with Gasteiger partial charge < -0.3 is 29.5 Å². The summed E-state index contributed by atoms with van der Waals surface area (Å²) in [6.07, 6.45) is -7.53. The summed E-state index contributed by atoms with van der Waals surface area (Å²) < 4.78 is 92.2. The van der Waals surface area contributed by atoms with E-state index in [0.717, 1.165) is 41.6 Å². The second-order valence-corrected chi connectivity index (χ2v) is 11.6. The van der Waals surface area contributed by atoms with Gasteiger partial charge in [0, 0.05) is 52.2 Å². The Kier molecular flexibility index (Phi) is 10.4. The van der Waals surface area contributed by atoms with Crippen LogP contribution in [0.3, 0.4) is 0 Å². The van der Waals surface area contributed by atoms with Gasteiger partial charge in [0.15, 0.2) is 0 Å². The van der Waals surface area contributed by atoms with Crippen molar-refractivity contribution in [3.05, 3.63) is 83.7 Å². The summed E-state index contributed by atoms with van der Waals surface area (Å²) in [6.45, 7) is 0.412. The largest absolute Gasteiger partial charge is 0.476 e. The SMILES string of the molecule is COCC(=O)Nc1ccccc1N1CCN(C(=O)C2(Oc3ccc(C(F)(F)F)cc3)CCCN(C(=O)c3cnccc3C(F)(F)F)C2)CC1. The number of likely N-dealkylation sites (tertiary alicyclic amines) is 1. The molecule has 16 heteroatoms. The van der Waals surface area contributed by atoms with Crippen LogP contribution in [0.2, 0.25) is 0 Å². The summed E-state index contributed by atoms with van der Waals surface area (Å²) in [6, 6.07) is 11.5. The zero-order valence-electron chi connectivity index (χ0n) is 26.3. The molecule has 1 atom stereocenters. The first-order valence-corrected chi connectivity index (χ1v) is 15.3. The third-order valence-electron chi connectivity index (χ3n) is 8.34. The fourth-order valence-corrected chi connectivity index (χ4v) is 6.03. The van der Waals surface area contributed by atoms with Crippen molar-refractivity contribution < 1.29 is 50.2 Å². The fourth-order valence-electron chi connectivity index (χ4n) is 6.03. The molecule has 10 nitrogen and oxygen atoms in total. The third-order valence-corrected chi connectivity index (χ3v) is 8.34. The van der Waals surface area contributed by atoms with E-state index in [0.29, 0.717) is 30.5 Å². The van der Waals surface area contributed by atoms with Crippen molar-refractivity contribution in [2.24, 2.45) is 0 Å². The van der Waals surface area contributed by atoms with Crippen molar-refractivity contribution in [3.63, 3.8) is 0 Å². The lowest BCUT2D eigenvalue weighted by Crippen LogP contribution is -2.64. The number of para-hydroxylation sites is 2. The van der Waals surface area contributed by atoms with E-state index in [2.05, 4.69) is 10.3 Å². The van der Waals surface area contributed by atoms with Crippen LogP contribution in [0.25, 0.3) is 0 Å². The lowest BCUT2D eigenvalue weighted by molar-refractivity contribution is -0.153. The van der Waals surface area contributed by atoms with E-state index in [-0.39, 0.29) is 50.7 Å². The molecule has 49 heavy (non-hydrogen) atoms. The highest BCUT2D eigenvalue weighted by Crippen LogP contribution is 2.36. The number of ether oxygens (including phenoxy) is 2. The first-order chi connectivity index (χ1) is 23.2. The number of carbonyl (C=O) groups excluding carboxylic acids is 3. The fraction of sp³-hybridized carbons (Fsp3) is 0.394. The number of pyridine rings is 1. The molecule has 3 amide bonds. The van der Waals surface area contributed by atoms with Gasteiger partial charge in [-0.15, -0.1) is 0 Å². The number of carbonyl (C=O) groups is 3. The summed E-state index contributed by atoms with van der Waals surface area (Å²) in [5, 5.41) is 2.79. The second-order valence-electron chi connectivity index (χ2n) is 11.6. The highest BCUT2D eigenvalue weighted by atomic mass is 19.4. The minimum absolute atomic E-state index is 0.00970. The molecule has 0 saturated carbocycles.